The van der Waals surface area contributed by atoms with E-state index < -0.39 is 48.2 Å². The third-order valence-electron chi connectivity index (χ3n) is 7.20. The van der Waals surface area contributed by atoms with Gasteiger partial charge in [-0.05, 0) is 64.2 Å². The number of alkyl carbamates (subject to hydrolysis) is 1. The molecule has 3 amide bonds. The Hall–Kier alpha value is -3.98. The number of alkyl halides is 2. The van der Waals surface area contributed by atoms with Gasteiger partial charge in [-0.25, -0.2) is 9.78 Å². The molecule has 4 rings (SSSR count). The third kappa shape index (κ3) is 8.14. The fourth-order valence-corrected chi connectivity index (χ4v) is 5.03. The van der Waals surface area contributed by atoms with Gasteiger partial charge in [-0.15, -0.1) is 0 Å². The van der Waals surface area contributed by atoms with Crippen LogP contribution in [-0.2, 0) is 9.53 Å². The van der Waals surface area contributed by atoms with E-state index >= 15 is 0 Å². The number of aromatic nitrogens is 1. The zero-order chi connectivity index (χ0) is 32.3. The fraction of sp³-hybridized carbons (Fsp3) is 0.586. The van der Waals surface area contributed by atoms with E-state index in [0.29, 0.717) is 18.1 Å². The predicted octanol–water partition coefficient (Wildman–Crippen LogP) is 2.92. The number of ether oxygens (including phenoxy) is 3. The molecule has 1 aliphatic carbocycles. The topological polar surface area (TPSA) is 170 Å². The van der Waals surface area contributed by atoms with E-state index in [-0.39, 0.29) is 48.4 Å². The summed E-state index contributed by atoms with van der Waals surface area (Å²) in [5.74, 6) is -0.848. The summed E-state index contributed by atoms with van der Waals surface area (Å²) in [6.07, 6.45) is 1.33. The second-order valence-electron chi connectivity index (χ2n) is 11.9. The Labute approximate surface area is 253 Å². The highest BCUT2D eigenvalue weighted by Gasteiger charge is 2.44. The summed E-state index contributed by atoms with van der Waals surface area (Å²) in [6, 6.07) is 1.77. The van der Waals surface area contributed by atoms with E-state index in [1.165, 1.54) is 42.2 Å². The van der Waals surface area contributed by atoms with E-state index in [9.17, 15) is 28.3 Å². The standard InChI is InChI=1S/C29H39F2N5O8/c1-15(32)23-22(34-24(44-23)17-8-9-20(43-27(30)31)21(10-17)42-13-16-6-7-16)26(38)36-12-18(33-28(39)41-5)11-19(36)25(37)35(4)14-29(2,3)40/h8-10,15-16,18-19,27,40H,6-7,11-14,32H2,1-5H3,(H,33,39)/t15-,18+,19-/m0/s1. The van der Waals surface area contributed by atoms with Gasteiger partial charge in [0.1, 0.15) is 6.04 Å². The van der Waals surface area contributed by atoms with Crippen LogP contribution in [0.4, 0.5) is 13.6 Å². The van der Waals surface area contributed by atoms with Crippen LogP contribution >= 0.6 is 0 Å². The molecule has 15 heteroatoms. The van der Waals surface area contributed by atoms with Crippen molar-refractivity contribution in [3.63, 3.8) is 0 Å². The van der Waals surface area contributed by atoms with Crippen LogP contribution in [0, 0.1) is 5.92 Å². The maximum absolute atomic E-state index is 14.0. The lowest BCUT2D eigenvalue weighted by atomic mass is 10.1. The molecular formula is C29H39F2N5O8. The van der Waals surface area contributed by atoms with Crippen molar-refractivity contribution in [2.24, 2.45) is 11.7 Å². The van der Waals surface area contributed by atoms with E-state index in [1.54, 1.807) is 20.8 Å². The van der Waals surface area contributed by atoms with Crippen molar-refractivity contribution < 1.29 is 46.9 Å². The van der Waals surface area contributed by atoms with Crippen LogP contribution in [0.25, 0.3) is 11.5 Å². The lowest BCUT2D eigenvalue weighted by Crippen LogP contribution is -2.50. The summed E-state index contributed by atoms with van der Waals surface area (Å²) in [4.78, 5) is 46.5. The summed E-state index contributed by atoms with van der Waals surface area (Å²) >= 11 is 0. The van der Waals surface area contributed by atoms with Gasteiger partial charge in [-0.3, -0.25) is 9.59 Å². The molecular weight excluding hydrogens is 584 g/mol. The van der Waals surface area contributed by atoms with Crippen molar-refractivity contribution >= 4 is 17.9 Å². The Bertz CT molecular complexity index is 1360. The molecule has 1 aliphatic heterocycles. The van der Waals surface area contributed by atoms with Crippen molar-refractivity contribution in [1.82, 2.24) is 20.1 Å². The van der Waals surface area contributed by atoms with Gasteiger partial charge in [0.15, 0.2) is 23.0 Å². The zero-order valence-corrected chi connectivity index (χ0v) is 25.3. The first kappa shape index (κ1) is 32.9. The number of rotatable bonds is 12. The van der Waals surface area contributed by atoms with Crippen LogP contribution in [0.1, 0.15) is 62.3 Å². The van der Waals surface area contributed by atoms with Crippen LogP contribution in [0.15, 0.2) is 22.6 Å². The number of benzene rings is 1. The third-order valence-corrected chi connectivity index (χ3v) is 7.20. The number of nitrogens with one attached hydrogen (secondary N) is 1. The molecule has 44 heavy (non-hydrogen) atoms. The summed E-state index contributed by atoms with van der Waals surface area (Å²) < 4.78 is 47.0. The number of hydrogen-bond donors (Lipinski definition) is 3. The number of hydrogen-bond acceptors (Lipinski definition) is 10. The maximum Gasteiger partial charge on any atom is 0.407 e. The van der Waals surface area contributed by atoms with Gasteiger partial charge in [0, 0.05) is 25.7 Å². The molecule has 13 nitrogen and oxygen atoms in total. The zero-order valence-electron chi connectivity index (χ0n) is 25.3. The summed E-state index contributed by atoms with van der Waals surface area (Å²) in [6.45, 7) is 1.92. The Kier molecular flexibility index (Phi) is 9.98. The molecule has 3 atom stereocenters. The first-order valence-electron chi connectivity index (χ1n) is 14.3. The second-order valence-corrected chi connectivity index (χ2v) is 11.9. The number of halogens is 2. The molecule has 1 aromatic heterocycles. The van der Waals surface area contributed by atoms with Crippen molar-refractivity contribution in [2.75, 3.05) is 33.9 Å². The molecule has 0 unspecified atom stereocenters. The smallest absolute Gasteiger partial charge is 0.407 e. The largest absolute Gasteiger partial charge is 0.489 e. The van der Waals surface area contributed by atoms with Gasteiger partial charge in [-0.2, -0.15) is 8.78 Å². The number of likely N-dealkylation sites (N-methyl/N-ethyl adjacent to an activating group) is 1. The first-order chi connectivity index (χ1) is 20.7. The normalized spacial score (nSPS) is 19.1. The molecule has 2 aliphatic rings. The summed E-state index contributed by atoms with van der Waals surface area (Å²) in [7, 11) is 2.71. The van der Waals surface area contributed by atoms with Gasteiger partial charge < -0.3 is 44.6 Å². The van der Waals surface area contributed by atoms with Gasteiger partial charge in [-0.1, -0.05) is 0 Å². The minimum atomic E-state index is -3.06. The van der Waals surface area contributed by atoms with E-state index in [4.69, 9.17) is 19.6 Å². The SMILES string of the molecule is COC(=O)N[C@@H]1C[C@@H](C(=O)N(C)CC(C)(C)O)N(C(=O)c2nc(-c3ccc(OC(F)F)c(OCC4CC4)c3)oc2[C@H](C)N)C1. The van der Waals surface area contributed by atoms with Crippen molar-refractivity contribution in [3.8, 4) is 23.0 Å². The quantitative estimate of drug-likeness (QED) is 0.320. The molecule has 1 saturated carbocycles. The number of likely N-dealkylation sites (tertiary alicyclic amines) is 1. The van der Waals surface area contributed by atoms with Gasteiger partial charge in [0.2, 0.25) is 11.8 Å². The van der Waals surface area contributed by atoms with Crippen LogP contribution in [-0.4, -0.2) is 95.9 Å². The number of carbonyl (C=O) groups is 3. The molecule has 2 fully saturated rings. The van der Waals surface area contributed by atoms with Crippen LogP contribution in [0.2, 0.25) is 0 Å². The van der Waals surface area contributed by atoms with Crippen molar-refractivity contribution in [2.45, 2.75) is 70.4 Å². The average Bonchev–Trinajstić information content (AvgIpc) is 3.50. The molecule has 0 spiro atoms. The number of nitrogens with two attached hydrogens (primary N) is 1. The molecule has 1 aromatic carbocycles. The minimum absolute atomic E-state index is 0.00489. The first-order valence-corrected chi connectivity index (χ1v) is 14.3. The molecule has 2 heterocycles. The summed E-state index contributed by atoms with van der Waals surface area (Å²) in [5.41, 5.74) is 5.13. The number of carbonyl (C=O) groups excluding carboxylic acids is 3. The Morgan fingerprint density at radius 1 is 1.27 bits per heavy atom. The van der Waals surface area contributed by atoms with Crippen molar-refractivity contribution in [1.29, 1.82) is 0 Å². The molecule has 0 bridgehead atoms. The second kappa shape index (κ2) is 13.3. The average molecular weight is 624 g/mol. The maximum atomic E-state index is 14.0. The number of methoxy groups -OCH3 is 1. The van der Waals surface area contributed by atoms with E-state index in [0.717, 1.165) is 12.8 Å². The Balaban J connectivity index is 1.67. The lowest BCUT2D eigenvalue weighted by Gasteiger charge is -2.31. The highest BCUT2D eigenvalue weighted by atomic mass is 19.3. The highest BCUT2D eigenvalue weighted by molar-refractivity contribution is 5.98. The fourth-order valence-electron chi connectivity index (χ4n) is 5.03. The molecule has 2 aromatic rings. The number of oxazole rings is 1. The summed E-state index contributed by atoms with van der Waals surface area (Å²) in [5, 5.41) is 12.9. The number of nitrogens with zero attached hydrogens (tertiary/aromatic N) is 3. The minimum Gasteiger partial charge on any atom is -0.489 e. The molecule has 0 radical (unpaired) electrons. The molecule has 242 valence electrons. The monoisotopic (exact) mass is 623 g/mol. The number of aliphatic hydroxyl groups is 1. The Morgan fingerprint density at radius 2 is 1.98 bits per heavy atom. The van der Waals surface area contributed by atoms with Crippen LogP contribution in [0.5, 0.6) is 11.5 Å². The van der Waals surface area contributed by atoms with E-state index in [1.807, 2.05) is 0 Å². The van der Waals surface area contributed by atoms with Gasteiger partial charge in [0.25, 0.3) is 5.91 Å². The predicted molar refractivity (Wildman–Crippen MR) is 152 cm³/mol. The van der Waals surface area contributed by atoms with Crippen LogP contribution < -0.4 is 20.5 Å². The van der Waals surface area contributed by atoms with Gasteiger partial charge >= 0.3 is 12.7 Å². The molecule has 1 saturated heterocycles. The van der Waals surface area contributed by atoms with E-state index in [2.05, 4.69) is 15.0 Å². The Morgan fingerprint density at radius 3 is 2.57 bits per heavy atom. The number of amides is 3. The lowest BCUT2D eigenvalue weighted by molar-refractivity contribution is -0.136. The van der Waals surface area contributed by atoms with Gasteiger partial charge in [0.05, 0.1) is 31.4 Å². The highest BCUT2D eigenvalue weighted by Crippen LogP contribution is 2.37. The molecule has 4 N–H and O–H groups in total. The van der Waals surface area contributed by atoms with Crippen LogP contribution in [0.3, 0.4) is 0 Å². The van der Waals surface area contributed by atoms with Crippen molar-refractivity contribution in [3.05, 3.63) is 29.7 Å².